The predicted molar refractivity (Wildman–Crippen MR) is 123 cm³/mol. The number of rotatable bonds is 3. The van der Waals surface area contributed by atoms with Gasteiger partial charge in [-0.05, 0) is 64.8 Å². The zero-order valence-electron chi connectivity index (χ0n) is 17.8. The Morgan fingerprint density at radius 2 is 1.67 bits per heavy atom. The van der Waals surface area contributed by atoms with Crippen LogP contribution in [0.2, 0.25) is 5.02 Å². The summed E-state index contributed by atoms with van der Waals surface area (Å²) in [6, 6.07) is 7.34. The molecule has 2 amide bonds. The van der Waals surface area contributed by atoms with Gasteiger partial charge in [-0.25, -0.2) is 9.78 Å². The van der Waals surface area contributed by atoms with Gasteiger partial charge >= 0.3 is 6.09 Å². The molecule has 1 aromatic heterocycles. The third-order valence-electron chi connectivity index (χ3n) is 4.25. The Labute approximate surface area is 184 Å². The standard InChI is InChI=1S/C22H24ClN3O3S/c1-11-7-12(2)18(13(3)8-11)25-19(27)14-9-17-16(10-15(14)23)24-20(30-17)26-21(28)29-22(4,5)6/h7-10H,1-6H3,(H,25,27)(H,24,26,28). The Kier molecular flexibility index (Phi) is 6.06. The van der Waals surface area contributed by atoms with E-state index in [1.54, 1.807) is 32.9 Å². The maximum absolute atomic E-state index is 12.9. The first-order valence-electron chi connectivity index (χ1n) is 9.42. The summed E-state index contributed by atoms with van der Waals surface area (Å²) < 4.78 is 5.98. The van der Waals surface area contributed by atoms with Gasteiger partial charge < -0.3 is 10.1 Å². The fraction of sp³-hybridized carbons (Fsp3) is 0.318. The fourth-order valence-corrected chi connectivity index (χ4v) is 4.24. The molecule has 0 atom stereocenters. The highest BCUT2D eigenvalue weighted by molar-refractivity contribution is 7.22. The molecule has 2 aromatic carbocycles. The van der Waals surface area contributed by atoms with Crippen LogP contribution in [0.1, 0.15) is 47.8 Å². The van der Waals surface area contributed by atoms with Crippen LogP contribution < -0.4 is 10.6 Å². The minimum atomic E-state index is -0.610. The van der Waals surface area contributed by atoms with Gasteiger partial charge in [0.2, 0.25) is 0 Å². The first-order valence-corrected chi connectivity index (χ1v) is 10.6. The zero-order chi connectivity index (χ0) is 22.2. The molecule has 2 N–H and O–H groups in total. The molecule has 0 spiro atoms. The first kappa shape index (κ1) is 22.1. The smallest absolute Gasteiger partial charge is 0.413 e. The lowest BCUT2D eigenvalue weighted by Gasteiger charge is -2.18. The minimum Gasteiger partial charge on any atom is -0.444 e. The summed E-state index contributed by atoms with van der Waals surface area (Å²) in [7, 11) is 0. The molecule has 0 radical (unpaired) electrons. The average molecular weight is 446 g/mol. The summed E-state index contributed by atoms with van der Waals surface area (Å²) in [5, 5.41) is 6.24. The van der Waals surface area contributed by atoms with Gasteiger partial charge in [0, 0.05) is 5.69 Å². The van der Waals surface area contributed by atoms with E-state index in [0.717, 1.165) is 27.1 Å². The van der Waals surface area contributed by atoms with E-state index in [1.807, 2.05) is 32.9 Å². The second kappa shape index (κ2) is 8.24. The van der Waals surface area contributed by atoms with Gasteiger partial charge in [0.15, 0.2) is 5.13 Å². The number of aryl methyl sites for hydroxylation is 3. The van der Waals surface area contributed by atoms with E-state index in [2.05, 4.69) is 15.6 Å². The predicted octanol–water partition coefficient (Wildman–Crippen LogP) is 6.47. The Hall–Kier alpha value is -2.64. The highest BCUT2D eigenvalue weighted by atomic mass is 35.5. The van der Waals surface area contributed by atoms with Crippen LogP contribution in [0.15, 0.2) is 24.3 Å². The van der Waals surface area contributed by atoms with Gasteiger partial charge in [-0.15, -0.1) is 0 Å². The van der Waals surface area contributed by atoms with Crippen LogP contribution in [0.3, 0.4) is 0 Å². The van der Waals surface area contributed by atoms with Gasteiger partial charge in [0.25, 0.3) is 5.91 Å². The average Bonchev–Trinajstić information content (AvgIpc) is 2.96. The number of nitrogens with zero attached hydrogens (tertiary/aromatic N) is 1. The van der Waals surface area contributed by atoms with E-state index in [9.17, 15) is 9.59 Å². The minimum absolute atomic E-state index is 0.288. The summed E-state index contributed by atoms with van der Waals surface area (Å²) in [5.41, 5.74) is 4.21. The topological polar surface area (TPSA) is 80.3 Å². The van der Waals surface area contributed by atoms with E-state index < -0.39 is 11.7 Å². The van der Waals surface area contributed by atoms with Crippen molar-refractivity contribution in [2.75, 3.05) is 10.6 Å². The van der Waals surface area contributed by atoms with Crippen molar-refractivity contribution in [1.82, 2.24) is 4.98 Å². The van der Waals surface area contributed by atoms with Crippen LogP contribution in [-0.2, 0) is 4.74 Å². The molecule has 0 bridgehead atoms. The highest BCUT2D eigenvalue weighted by Crippen LogP contribution is 2.32. The van der Waals surface area contributed by atoms with Crippen LogP contribution in [0.4, 0.5) is 15.6 Å². The number of halogens is 1. The summed E-state index contributed by atoms with van der Waals surface area (Å²) in [6.45, 7) is 11.3. The number of carbonyl (C=O) groups excluding carboxylic acids is 2. The molecule has 3 aromatic rings. The number of hydrogen-bond donors (Lipinski definition) is 2. The zero-order valence-corrected chi connectivity index (χ0v) is 19.3. The van der Waals surface area contributed by atoms with Gasteiger partial charge in [-0.1, -0.05) is 40.6 Å². The molecular weight excluding hydrogens is 422 g/mol. The summed E-state index contributed by atoms with van der Waals surface area (Å²) in [5.74, 6) is -0.299. The molecule has 3 rings (SSSR count). The lowest BCUT2D eigenvalue weighted by molar-refractivity contribution is 0.0635. The van der Waals surface area contributed by atoms with Crippen molar-refractivity contribution >= 4 is 56.0 Å². The van der Waals surface area contributed by atoms with E-state index >= 15 is 0 Å². The van der Waals surface area contributed by atoms with E-state index in [4.69, 9.17) is 16.3 Å². The number of ether oxygens (including phenoxy) is 1. The lowest BCUT2D eigenvalue weighted by Crippen LogP contribution is -2.27. The van der Waals surface area contributed by atoms with Crippen molar-refractivity contribution in [3.63, 3.8) is 0 Å². The molecule has 8 heteroatoms. The molecule has 0 aliphatic carbocycles. The quantitative estimate of drug-likeness (QED) is 0.483. The van der Waals surface area contributed by atoms with Crippen LogP contribution >= 0.6 is 22.9 Å². The second-order valence-corrected chi connectivity index (χ2v) is 9.61. The molecule has 0 saturated heterocycles. The molecule has 6 nitrogen and oxygen atoms in total. The van der Waals surface area contributed by atoms with Crippen molar-refractivity contribution < 1.29 is 14.3 Å². The number of aromatic nitrogens is 1. The van der Waals surface area contributed by atoms with Crippen molar-refractivity contribution in [1.29, 1.82) is 0 Å². The highest BCUT2D eigenvalue weighted by Gasteiger charge is 2.19. The Bertz CT molecular complexity index is 1130. The van der Waals surface area contributed by atoms with Gasteiger partial charge in [0.05, 0.1) is 20.8 Å². The molecule has 0 fully saturated rings. The van der Waals surface area contributed by atoms with E-state index in [1.165, 1.54) is 11.3 Å². The molecule has 0 aliphatic heterocycles. The molecule has 0 unspecified atom stereocenters. The molecule has 1 heterocycles. The van der Waals surface area contributed by atoms with E-state index in [-0.39, 0.29) is 10.9 Å². The second-order valence-electron chi connectivity index (χ2n) is 8.17. The number of amides is 2. The third-order valence-corrected chi connectivity index (χ3v) is 5.49. The number of thiazole rings is 1. The maximum Gasteiger partial charge on any atom is 0.413 e. The Morgan fingerprint density at radius 1 is 1.03 bits per heavy atom. The van der Waals surface area contributed by atoms with Crippen LogP contribution in [-0.4, -0.2) is 22.6 Å². The molecular formula is C22H24ClN3O3S. The number of anilines is 2. The SMILES string of the molecule is Cc1cc(C)c(NC(=O)c2cc3sc(NC(=O)OC(C)(C)C)nc3cc2Cl)c(C)c1. The fourth-order valence-electron chi connectivity index (χ4n) is 3.12. The normalized spacial score (nSPS) is 11.4. The number of nitrogens with one attached hydrogen (secondary N) is 2. The lowest BCUT2D eigenvalue weighted by atomic mass is 10.0. The van der Waals surface area contributed by atoms with Crippen molar-refractivity contribution in [3.05, 3.63) is 51.5 Å². The van der Waals surface area contributed by atoms with Gasteiger partial charge in [-0.3, -0.25) is 10.1 Å². The van der Waals surface area contributed by atoms with Gasteiger partial charge in [0.1, 0.15) is 5.60 Å². The first-order chi connectivity index (χ1) is 13.9. The Morgan fingerprint density at radius 3 is 2.27 bits per heavy atom. The molecule has 0 saturated carbocycles. The van der Waals surface area contributed by atoms with Crippen molar-refractivity contribution in [3.8, 4) is 0 Å². The van der Waals surface area contributed by atoms with Crippen LogP contribution in [0, 0.1) is 20.8 Å². The van der Waals surface area contributed by atoms with E-state index in [0.29, 0.717) is 16.2 Å². The molecule has 30 heavy (non-hydrogen) atoms. The van der Waals surface area contributed by atoms with Gasteiger partial charge in [-0.2, -0.15) is 0 Å². The largest absolute Gasteiger partial charge is 0.444 e. The molecule has 158 valence electrons. The summed E-state index contributed by atoms with van der Waals surface area (Å²) in [4.78, 5) is 29.2. The van der Waals surface area contributed by atoms with Crippen LogP contribution in [0.25, 0.3) is 10.2 Å². The number of fused-ring (bicyclic) bond motifs is 1. The third kappa shape index (κ3) is 5.09. The number of carbonyl (C=O) groups is 2. The van der Waals surface area contributed by atoms with Crippen molar-refractivity contribution in [2.45, 2.75) is 47.1 Å². The maximum atomic E-state index is 12.9. The summed E-state index contributed by atoms with van der Waals surface area (Å²) in [6.07, 6.45) is -0.587. The molecule has 0 aliphatic rings. The monoisotopic (exact) mass is 445 g/mol. The van der Waals surface area contributed by atoms with Crippen LogP contribution in [0.5, 0.6) is 0 Å². The number of benzene rings is 2. The van der Waals surface area contributed by atoms with Crippen molar-refractivity contribution in [2.24, 2.45) is 0 Å². The Balaban J connectivity index is 1.86. The summed E-state index contributed by atoms with van der Waals surface area (Å²) >= 11 is 7.61. The number of hydrogen-bond acceptors (Lipinski definition) is 5.